The molecule has 134 valence electrons. The zero-order valence-electron chi connectivity index (χ0n) is 15.2. The van der Waals surface area contributed by atoms with Crippen molar-refractivity contribution in [2.24, 2.45) is 10.9 Å². The van der Waals surface area contributed by atoms with Gasteiger partial charge in [-0.05, 0) is 54.8 Å². The summed E-state index contributed by atoms with van der Waals surface area (Å²) < 4.78 is 5.55. The van der Waals surface area contributed by atoms with Crippen molar-refractivity contribution in [3.63, 3.8) is 0 Å². The molecular formula is C24H21NO2. The Balaban J connectivity index is 1.75. The van der Waals surface area contributed by atoms with Crippen molar-refractivity contribution in [3.8, 4) is 0 Å². The maximum Gasteiger partial charge on any atom is 0.165 e. The maximum atomic E-state index is 13.1. The summed E-state index contributed by atoms with van der Waals surface area (Å²) in [5.41, 5.74) is 3.81. The highest BCUT2D eigenvalue weighted by Crippen LogP contribution is 2.40. The molecule has 0 bridgehead atoms. The fraction of sp³-hybridized carbons (Fsp3) is 0.167. The third kappa shape index (κ3) is 3.68. The lowest BCUT2D eigenvalue weighted by molar-refractivity contribution is -0.117. The number of nitrogens with zero attached hydrogens (tertiary/aromatic N) is 1. The fourth-order valence-electron chi connectivity index (χ4n) is 3.79. The van der Waals surface area contributed by atoms with Crippen molar-refractivity contribution < 1.29 is 9.21 Å². The SMILES string of the molecule is CC(=Nc1ccccc1)[C@H]1C(=O)C=C(c2ccco2)C[C@@H]1c1ccccc1. The molecule has 3 nitrogen and oxygen atoms in total. The average molecular weight is 355 g/mol. The minimum Gasteiger partial charge on any atom is -0.465 e. The van der Waals surface area contributed by atoms with E-state index in [-0.39, 0.29) is 17.6 Å². The number of aliphatic imine (C=N–C) groups is 1. The molecule has 0 spiro atoms. The Morgan fingerprint density at radius 3 is 2.33 bits per heavy atom. The third-order valence-electron chi connectivity index (χ3n) is 5.04. The predicted octanol–water partition coefficient (Wildman–Crippen LogP) is 5.83. The van der Waals surface area contributed by atoms with Gasteiger partial charge in [-0.25, -0.2) is 0 Å². The molecule has 0 amide bonds. The second-order valence-corrected chi connectivity index (χ2v) is 6.84. The molecule has 3 aromatic rings. The molecule has 0 saturated heterocycles. The van der Waals surface area contributed by atoms with Crippen molar-refractivity contribution in [1.29, 1.82) is 0 Å². The van der Waals surface area contributed by atoms with E-state index in [2.05, 4.69) is 12.1 Å². The molecule has 27 heavy (non-hydrogen) atoms. The Hall–Kier alpha value is -3.20. The van der Waals surface area contributed by atoms with Crippen molar-refractivity contribution >= 4 is 22.8 Å². The van der Waals surface area contributed by atoms with Crippen molar-refractivity contribution in [1.82, 2.24) is 0 Å². The lowest BCUT2D eigenvalue weighted by Gasteiger charge is -2.30. The number of hydrogen-bond donors (Lipinski definition) is 0. The van der Waals surface area contributed by atoms with Gasteiger partial charge < -0.3 is 4.42 Å². The lowest BCUT2D eigenvalue weighted by Crippen LogP contribution is -2.31. The molecule has 2 atom stereocenters. The van der Waals surface area contributed by atoms with Crippen LogP contribution in [0.25, 0.3) is 5.57 Å². The monoisotopic (exact) mass is 355 g/mol. The van der Waals surface area contributed by atoms with Crippen molar-refractivity contribution in [3.05, 3.63) is 96.5 Å². The van der Waals surface area contributed by atoms with Gasteiger partial charge in [0, 0.05) is 11.6 Å². The summed E-state index contributed by atoms with van der Waals surface area (Å²) >= 11 is 0. The first-order valence-corrected chi connectivity index (χ1v) is 9.16. The Morgan fingerprint density at radius 1 is 0.963 bits per heavy atom. The first-order chi connectivity index (χ1) is 13.2. The highest BCUT2D eigenvalue weighted by atomic mass is 16.3. The molecule has 0 aliphatic heterocycles. The van der Waals surface area contributed by atoms with Crippen LogP contribution < -0.4 is 0 Å². The van der Waals surface area contributed by atoms with Crippen LogP contribution in [0.15, 0.2) is 94.5 Å². The van der Waals surface area contributed by atoms with Crippen LogP contribution in [-0.2, 0) is 4.79 Å². The minimum atomic E-state index is -0.272. The Labute approximate surface area is 159 Å². The van der Waals surface area contributed by atoms with E-state index in [4.69, 9.17) is 9.41 Å². The van der Waals surface area contributed by atoms with Crippen LogP contribution >= 0.6 is 0 Å². The van der Waals surface area contributed by atoms with Gasteiger partial charge in [-0.1, -0.05) is 48.5 Å². The van der Waals surface area contributed by atoms with Crippen LogP contribution in [0.2, 0.25) is 0 Å². The van der Waals surface area contributed by atoms with E-state index in [0.717, 1.165) is 34.7 Å². The van der Waals surface area contributed by atoms with Gasteiger partial charge in [-0.3, -0.25) is 9.79 Å². The maximum absolute atomic E-state index is 13.1. The summed E-state index contributed by atoms with van der Waals surface area (Å²) in [7, 11) is 0. The van der Waals surface area contributed by atoms with Crippen molar-refractivity contribution in [2.45, 2.75) is 19.3 Å². The van der Waals surface area contributed by atoms with Gasteiger partial charge in [0.1, 0.15) is 5.76 Å². The number of para-hydroxylation sites is 1. The van der Waals surface area contributed by atoms with E-state index in [9.17, 15) is 4.79 Å². The highest BCUT2D eigenvalue weighted by molar-refractivity contribution is 6.13. The molecule has 0 N–H and O–H groups in total. The highest BCUT2D eigenvalue weighted by Gasteiger charge is 2.36. The van der Waals surface area contributed by atoms with Gasteiger partial charge in [-0.2, -0.15) is 0 Å². The molecule has 1 aliphatic carbocycles. The second-order valence-electron chi connectivity index (χ2n) is 6.84. The molecule has 1 aliphatic rings. The van der Waals surface area contributed by atoms with Crippen LogP contribution in [0.1, 0.15) is 30.6 Å². The van der Waals surface area contributed by atoms with E-state index in [1.54, 1.807) is 12.3 Å². The van der Waals surface area contributed by atoms with Gasteiger partial charge in [0.2, 0.25) is 0 Å². The number of benzene rings is 2. The van der Waals surface area contributed by atoms with Crippen LogP contribution in [-0.4, -0.2) is 11.5 Å². The molecule has 4 rings (SSSR count). The number of ketones is 1. The molecule has 0 radical (unpaired) electrons. The van der Waals surface area contributed by atoms with Gasteiger partial charge >= 0.3 is 0 Å². The first-order valence-electron chi connectivity index (χ1n) is 9.16. The fourth-order valence-corrected chi connectivity index (χ4v) is 3.79. The number of hydrogen-bond acceptors (Lipinski definition) is 3. The number of carbonyl (C=O) groups is 1. The summed E-state index contributed by atoms with van der Waals surface area (Å²) in [5, 5.41) is 0. The Bertz CT molecular complexity index is 970. The number of allylic oxidation sites excluding steroid dienone is 2. The smallest absolute Gasteiger partial charge is 0.165 e. The number of rotatable bonds is 4. The normalized spacial score (nSPS) is 20.4. The quantitative estimate of drug-likeness (QED) is 0.553. The summed E-state index contributed by atoms with van der Waals surface area (Å²) in [5.74, 6) is 0.613. The van der Waals surface area contributed by atoms with Gasteiger partial charge in [0.15, 0.2) is 5.78 Å². The van der Waals surface area contributed by atoms with E-state index >= 15 is 0 Å². The van der Waals surface area contributed by atoms with Crippen LogP contribution in [0, 0.1) is 5.92 Å². The standard InChI is InChI=1S/C24H21NO2/c1-17(25-20-11-6-3-7-12-20)24-21(18-9-4-2-5-10-18)15-19(16-22(24)26)23-13-8-14-27-23/h2-14,16,21,24H,15H2,1H3/t21-,24-/m1/s1. The van der Waals surface area contributed by atoms with Gasteiger partial charge in [0.05, 0.1) is 17.9 Å². The molecular weight excluding hydrogens is 334 g/mol. The molecule has 1 aromatic heterocycles. The molecule has 0 fully saturated rings. The average Bonchev–Trinajstić information content (AvgIpc) is 3.23. The number of carbonyl (C=O) groups excluding carboxylic acids is 1. The predicted molar refractivity (Wildman–Crippen MR) is 108 cm³/mol. The topological polar surface area (TPSA) is 42.6 Å². The molecule has 0 unspecified atom stereocenters. The first kappa shape index (κ1) is 17.2. The number of furan rings is 1. The van der Waals surface area contributed by atoms with Crippen LogP contribution in [0.4, 0.5) is 5.69 Å². The van der Waals surface area contributed by atoms with Gasteiger partial charge in [0.25, 0.3) is 0 Å². The summed E-state index contributed by atoms with van der Waals surface area (Å²) in [6, 6.07) is 23.8. The van der Waals surface area contributed by atoms with Gasteiger partial charge in [-0.15, -0.1) is 0 Å². The second kappa shape index (κ2) is 7.58. The summed E-state index contributed by atoms with van der Waals surface area (Å²) in [4.78, 5) is 17.9. The zero-order chi connectivity index (χ0) is 18.6. The molecule has 2 aromatic carbocycles. The van der Waals surface area contributed by atoms with Crippen LogP contribution in [0.3, 0.4) is 0 Å². The lowest BCUT2D eigenvalue weighted by atomic mass is 9.72. The van der Waals surface area contributed by atoms with Crippen LogP contribution in [0.5, 0.6) is 0 Å². The van der Waals surface area contributed by atoms with E-state index in [0.29, 0.717) is 0 Å². The molecule has 0 saturated carbocycles. The van der Waals surface area contributed by atoms with Crippen molar-refractivity contribution in [2.75, 3.05) is 0 Å². The zero-order valence-corrected chi connectivity index (χ0v) is 15.2. The molecule has 1 heterocycles. The van der Waals surface area contributed by atoms with E-state index in [1.165, 1.54) is 0 Å². The summed E-state index contributed by atoms with van der Waals surface area (Å²) in [6.07, 6.45) is 4.12. The minimum absolute atomic E-state index is 0.0382. The Morgan fingerprint density at radius 2 is 1.67 bits per heavy atom. The largest absolute Gasteiger partial charge is 0.465 e. The van der Waals surface area contributed by atoms with E-state index in [1.807, 2.05) is 67.6 Å². The molecule has 3 heteroatoms. The van der Waals surface area contributed by atoms with E-state index < -0.39 is 0 Å². The third-order valence-corrected chi connectivity index (χ3v) is 5.04. The summed E-state index contributed by atoms with van der Waals surface area (Å²) in [6.45, 7) is 1.96. The Kier molecular flexibility index (Phi) is 4.84.